The predicted molar refractivity (Wildman–Crippen MR) is 139 cm³/mol. The first kappa shape index (κ1) is 30.4. The molecule has 0 radical (unpaired) electrons. The third kappa shape index (κ3) is 5.18. The molecule has 0 N–H and O–H groups in total. The van der Waals surface area contributed by atoms with Crippen LogP contribution in [0.15, 0.2) is 70.5 Å². The monoisotopic (exact) mass is 632 g/mol. The number of sulfone groups is 1. The van der Waals surface area contributed by atoms with E-state index < -0.39 is 89.5 Å². The first-order valence-electron chi connectivity index (χ1n) is 12.8. The second-order valence-electron chi connectivity index (χ2n) is 10.1. The van der Waals surface area contributed by atoms with Crippen molar-refractivity contribution >= 4 is 20.0 Å². The van der Waals surface area contributed by atoms with E-state index in [2.05, 4.69) is 0 Å². The van der Waals surface area contributed by atoms with Crippen LogP contribution in [0.25, 0.3) is 0 Å². The Hall–Kier alpha value is -3.07. The van der Waals surface area contributed by atoms with E-state index in [9.17, 15) is 34.4 Å². The van der Waals surface area contributed by atoms with E-state index in [1.54, 1.807) is 19.1 Å². The molecular weight excluding hydrogens is 607 g/mol. The minimum Gasteiger partial charge on any atom is -0.490 e. The van der Waals surface area contributed by atoms with Gasteiger partial charge in [-0.25, -0.2) is 17.2 Å². The zero-order valence-corrected chi connectivity index (χ0v) is 23.7. The number of alkyl halides is 3. The highest BCUT2D eigenvalue weighted by atomic mass is 32.2. The number of hydrogen-bond donors (Lipinski definition) is 0. The fraction of sp³-hybridized carbons (Fsp3) is 0.357. The van der Waals surface area contributed by atoms with Gasteiger partial charge in [-0.05, 0) is 68.3 Å². The van der Waals surface area contributed by atoms with Gasteiger partial charge in [-0.15, -0.1) is 0 Å². The average molecular weight is 633 g/mol. The van der Waals surface area contributed by atoms with E-state index in [4.69, 9.17) is 13.7 Å². The first-order chi connectivity index (χ1) is 19.7. The van der Waals surface area contributed by atoms with Gasteiger partial charge in [-0.3, -0.25) is 4.18 Å². The number of fused-ring (bicyclic) bond motifs is 3. The highest BCUT2D eigenvalue weighted by Gasteiger charge is 2.61. The summed E-state index contributed by atoms with van der Waals surface area (Å²) in [5.74, 6) is -3.90. The van der Waals surface area contributed by atoms with Crippen molar-refractivity contribution in [3.8, 4) is 5.75 Å². The minimum absolute atomic E-state index is 0.0932. The summed E-state index contributed by atoms with van der Waals surface area (Å²) in [6, 6.07) is 10.2. The molecule has 0 aliphatic carbocycles. The average Bonchev–Trinajstić information content (AvgIpc) is 2.94. The summed E-state index contributed by atoms with van der Waals surface area (Å²) in [5.41, 5.74) is -0.839. The lowest BCUT2D eigenvalue weighted by Gasteiger charge is -2.50. The van der Waals surface area contributed by atoms with E-state index in [-0.39, 0.29) is 24.3 Å². The number of benzene rings is 3. The molecule has 2 aliphatic heterocycles. The van der Waals surface area contributed by atoms with Gasteiger partial charge < -0.3 is 9.47 Å². The topological polar surface area (TPSA) is 96.0 Å². The molecule has 3 atom stereocenters. The molecule has 0 spiro atoms. The molecule has 3 aromatic carbocycles. The van der Waals surface area contributed by atoms with Gasteiger partial charge in [0.2, 0.25) is 0 Å². The SMILES string of the molecule is Cc1ccc(S(=O)(=O)OCC[C@@H]2OCC[C@@]3(S(=O)(=O)c4ccc(C(F)(F)F)cc4)c4c(F)ccc(F)c4OC[C@@H]23)cc1. The van der Waals surface area contributed by atoms with Gasteiger partial charge in [0.25, 0.3) is 10.1 Å². The Labute approximate surface area is 239 Å². The quantitative estimate of drug-likeness (QED) is 0.249. The summed E-state index contributed by atoms with van der Waals surface area (Å²) < 4.78 is 138. The van der Waals surface area contributed by atoms with Crippen LogP contribution in [0.3, 0.4) is 0 Å². The van der Waals surface area contributed by atoms with E-state index in [1.165, 1.54) is 12.1 Å². The van der Waals surface area contributed by atoms with Crippen molar-refractivity contribution in [3.05, 3.63) is 89.0 Å². The van der Waals surface area contributed by atoms with Crippen molar-refractivity contribution < 1.29 is 52.4 Å². The summed E-state index contributed by atoms with van der Waals surface area (Å²) in [4.78, 5) is -0.625. The summed E-state index contributed by atoms with van der Waals surface area (Å²) >= 11 is 0. The Kier molecular flexibility index (Phi) is 7.88. The van der Waals surface area contributed by atoms with Crippen molar-refractivity contribution in [1.82, 2.24) is 0 Å². The van der Waals surface area contributed by atoms with Crippen molar-refractivity contribution in [1.29, 1.82) is 0 Å². The number of halogens is 5. The molecule has 0 amide bonds. The van der Waals surface area contributed by atoms with Crippen LogP contribution in [-0.4, -0.2) is 42.8 Å². The van der Waals surface area contributed by atoms with Gasteiger partial charge >= 0.3 is 6.18 Å². The lowest BCUT2D eigenvalue weighted by atomic mass is 9.75. The highest BCUT2D eigenvalue weighted by molar-refractivity contribution is 7.92. The fourth-order valence-corrected chi connectivity index (χ4v) is 8.86. The van der Waals surface area contributed by atoms with Crippen molar-refractivity contribution in [2.45, 2.75) is 46.6 Å². The Balaban J connectivity index is 1.53. The molecule has 0 unspecified atom stereocenters. The molecule has 0 bridgehead atoms. The fourth-order valence-electron chi connectivity index (χ4n) is 5.59. The van der Waals surface area contributed by atoms with E-state index in [0.29, 0.717) is 12.1 Å². The van der Waals surface area contributed by atoms with Crippen LogP contribution in [0.4, 0.5) is 22.0 Å². The molecule has 42 heavy (non-hydrogen) atoms. The zero-order chi connectivity index (χ0) is 30.5. The maximum atomic E-state index is 15.5. The summed E-state index contributed by atoms with van der Waals surface area (Å²) in [7, 11) is -8.90. The summed E-state index contributed by atoms with van der Waals surface area (Å²) in [6.07, 6.45) is -6.33. The molecule has 0 saturated carbocycles. The van der Waals surface area contributed by atoms with E-state index in [1.807, 2.05) is 0 Å². The molecule has 1 fully saturated rings. The predicted octanol–water partition coefficient (Wildman–Crippen LogP) is 5.55. The van der Waals surface area contributed by atoms with Gasteiger partial charge in [0, 0.05) is 12.5 Å². The third-order valence-corrected chi connectivity index (χ3v) is 11.6. The molecule has 3 aromatic rings. The molecule has 2 aliphatic rings. The van der Waals surface area contributed by atoms with Crippen LogP contribution in [0.5, 0.6) is 5.75 Å². The van der Waals surface area contributed by atoms with Crippen molar-refractivity contribution in [2.24, 2.45) is 5.92 Å². The Morgan fingerprint density at radius 3 is 2.17 bits per heavy atom. The van der Waals surface area contributed by atoms with Crippen molar-refractivity contribution in [2.75, 3.05) is 19.8 Å². The highest BCUT2D eigenvalue weighted by Crippen LogP contribution is 2.56. The van der Waals surface area contributed by atoms with E-state index in [0.717, 1.165) is 29.8 Å². The lowest BCUT2D eigenvalue weighted by molar-refractivity contribution is -0.137. The number of ether oxygens (including phenoxy) is 2. The Bertz CT molecular complexity index is 1690. The molecule has 2 heterocycles. The summed E-state index contributed by atoms with van der Waals surface area (Å²) in [5, 5.41) is 0. The van der Waals surface area contributed by atoms with Crippen LogP contribution < -0.4 is 4.74 Å². The first-order valence-corrected chi connectivity index (χ1v) is 15.7. The number of hydrogen-bond acceptors (Lipinski definition) is 7. The lowest BCUT2D eigenvalue weighted by Crippen LogP contribution is -2.57. The standard InChI is InChI=1S/C28H25F5O7S2/c1-17-2-6-20(7-3-17)42(36,37)40-14-12-24-21-16-39-26-23(30)11-10-22(29)25(26)27(21,13-15-38-24)41(34,35)19-8-4-18(5-9-19)28(31,32)33/h2-11,21,24H,12-16H2,1H3/t21-,24-,27-/m0/s1. The number of rotatable bonds is 7. The van der Waals surface area contributed by atoms with Gasteiger partial charge in [0.1, 0.15) is 10.6 Å². The van der Waals surface area contributed by atoms with Gasteiger partial charge in [0.15, 0.2) is 21.4 Å². The van der Waals surface area contributed by atoms with Crippen LogP contribution in [0.2, 0.25) is 0 Å². The van der Waals surface area contributed by atoms with Crippen LogP contribution in [0, 0.1) is 24.5 Å². The van der Waals surface area contributed by atoms with Gasteiger partial charge in [-0.2, -0.15) is 21.6 Å². The second kappa shape index (κ2) is 10.9. The number of aryl methyl sites for hydroxylation is 1. The molecule has 0 aromatic heterocycles. The van der Waals surface area contributed by atoms with Gasteiger partial charge in [0.05, 0.1) is 40.2 Å². The maximum absolute atomic E-state index is 15.5. The molecular formula is C28H25F5O7S2. The minimum atomic E-state index is -4.73. The molecule has 5 rings (SSSR count). The molecule has 226 valence electrons. The van der Waals surface area contributed by atoms with Crippen LogP contribution >= 0.6 is 0 Å². The molecule has 7 nitrogen and oxygen atoms in total. The second-order valence-corrected chi connectivity index (χ2v) is 13.9. The Morgan fingerprint density at radius 2 is 1.52 bits per heavy atom. The smallest absolute Gasteiger partial charge is 0.416 e. The zero-order valence-electron chi connectivity index (χ0n) is 22.0. The van der Waals surface area contributed by atoms with Crippen LogP contribution in [-0.2, 0) is 39.8 Å². The largest absolute Gasteiger partial charge is 0.490 e. The van der Waals surface area contributed by atoms with Crippen molar-refractivity contribution in [3.63, 3.8) is 0 Å². The maximum Gasteiger partial charge on any atom is 0.416 e. The van der Waals surface area contributed by atoms with Gasteiger partial charge in [-0.1, -0.05) is 17.7 Å². The third-order valence-electron chi connectivity index (χ3n) is 7.66. The van der Waals surface area contributed by atoms with E-state index >= 15 is 4.39 Å². The normalized spacial score (nSPS) is 22.6. The Morgan fingerprint density at radius 1 is 0.905 bits per heavy atom. The summed E-state index contributed by atoms with van der Waals surface area (Å²) in [6.45, 7) is 0.623. The molecule has 14 heteroatoms. The van der Waals surface area contributed by atoms with Crippen LogP contribution in [0.1, 0.15) is 29.5 Å². The molecule has 1 saturated heterocycles.